The Hall–Kier alpha value is -6.82. The van der Waals surface area contributed by atoms with E-state index in [1.165, 1.54) is 25.6 Å². The highest BCUT2D eigenvalue weighted by Gasteiger charge is 2.17. The molecule has 0 aliphatic heterocycles. The van der Waals surface area contributed by atoms with Gasteiger partial charge in [-0.05, 0) is 88.1 Å². The Morgan fingerprint density at radius 1 is 0.377 bits per heavy atom. The molecule has 0 atom stereocenters. The van der Waals surface area contributed by atoms with Crippen LogP contribution >= 0.6 is 11.3 Å². The molecule has 0 aliphatic rings. The van der Waals surface area contributed by atoms with Crippen LogP contribution in [0.15, 0.2) is 182 Å². The maximum absolute atomic E-state index is 5.31. The van der Waals surface area contributed by atoms with Gasteiger partial charge in [0.2, 0.25) is 0 Å². The van der Waals surface area contributed by atoms with Crippen molar-refractivity contribution in [1.82, 2.24) is 19.9 Å². The summed E-state index contributed by atoms with van der Waals surface area (Å²) in [4.78, 5) is 19.9. The second kappa shape index (κ2) is 13.1. The molecule has 6 aromatic carbocycles. The fraction of sp³-hybridized carbons (Fsp3) is 0. The van der Waals surface area contributed by atoms with Crippen molar-refractivity contribution in [3.05, 3.63) is 182 Å². The van der Waals surface area contributed by atoms with E-state index < -0.39 is 0 Å². The van der Waals surface area contributed by atoms with Crippen LogP contribution in [0.5, 0.6) is 0 Å². The molecular formula is C48H30N4S. The van der Waals surface area contributed by atoms with Gasteiger partial charge in [0.05, 0.1) is 27.3 Å². The largest absolute Gasteiger partial charge is 0.256 e. The van der Waals surface area contributed by atoms with Gasteiger partial charge < -0.3 is 0 Å². The third-order valence-electron chi connectivity index (χ3n) is 9.76. The highest BCUT2D eigenvalue weighted by atomic mass is 32.1. The van der Waals surface area contributed by atoms with Crippen molar-refractivity contribution in [3.8, 4) is 67.4 Å². The van der Waals surface area contributed by atoms with Crippen LogP contribution in [0.25, 0.3) is 98.5 Å². The van der Waals surface area contributed by atoms with Gasteiger partial charge >= 0.3 is 0 Å². The van der Waals surface area contributed by atoms with Gasteiger partial charge in [-0.15, -0.1) is 11.3 Å². The summed E-state index contributed by atoms with van der Waals surface area (Å²) >= 11 is 1.79. The van der Waals surface area contributed by atoms with Gasteiger partial charge in [0.25, 0.3) is 0 Å². The minimum Gasteiger partial charge on any atom is -0.256 e. The molecule has 0 unspecified atom stereocenters. The first kappa shape index (κ1) is 31.0. The highest BCUT2D eigenvalue weighted by molar-refractivity contribution is 7.26. The van der Waals surface area contributed by atoms with Gasteiger partial charge in [0.1, 0.15) is 0 Å². The van der Waals surface area contributed by atoms with E-state index in [0.717, 1.165) is 67.1 Å². The number of hydrogen-bond acceptors (Lipinski definition) is 5. The molecule has 0 saturated carbocycles. The van der Waals surface area contributed by atoms with Crippen LogP contribution in [0.2, 0.25) is 0 Å². The molecule has 4 nitrogen and oxygen atoms in total. The van der Waals surface area contributed by atoms with Gasteiger partial charge in [-0.1, -0.05) is 109 Å². The summed E-state index contributed by atoms with van der Waals surface area (Å²) in [6, 6.07) is 59.5. The molecule has 0 amide bonds. The average Bonchev–Trinajstić information content (AvgIpc) is 3.63. The second-order valence-corrected chi connectivity index (χ2v) is 14.2. The summed E-state index contributed by atoms with van der Waals surface area (Å²) < 4.78 is 2.41. The molecule has 0 aliphatic carbocycles. The molecule has 0 spiro atoms. The minimum atomic E-state index is 0.660. The lowest BCUT2D eigenvalue weighted by Gasteiger charge is -2.14. The number of nitrogens with zero attached hydrogens (tertiary/aromatic N) is 4. The fourth-order valence-electron chi connectivity index (χ4n) is 7.13. The van der Waals surface area contributed by atoms with Gasteiger partial charge in [-0.2, -0.15) is 0 Å². The zero-order chi connectivity index (χ0) is 35.1. The Morgan fingerprint density at radius 3 is 1.98 bits per heavy atom. The number of fused-ring (bicyclic) bond motifs is 4. The summed E-state index contributed by atoms with van der Waals surface area (Å²) in [5.74, 6) is 0.660. The Labute approximate surface area is 310 Å². The van der Waals surface area contributed by atoms with E-state index in [9.17, 15) is 0 Å². The molecule has 53 heavy (non-hydrogen) atoms. The number of thiophene rings is 1. The average molecular weight is 695 g/mol. The van der Waals surface area contributed by atoms with Crippen molar-refractivity contribution in [2.45, 2.75) is 0 Å². The van der Waals surface area contributed by atoms with Crippen molar-refractivity contribution in [3.63, 3.8) is 0 Å². The summed E-state index contributed by atoms with van der Waals surface area (Å²) in [6.07, 6.45) is 3.76. The summed E-state index contributed by atoms with van der Waals surface area (Å²) in [5.41, 5.74) is 12.2. The topological polar surface area (TPSA) is 51.6 Å². The van der Waals surface area contributed by atoms with E-state index in [1.54, 1.807) is 11.3 Å². The Balaban J connectivity index is 1.21. The maximum atomic E-state index is 5.31. The Morgan fingerprint density at radius 2 is 1.09 bits per heavy atom. The molecule has 5 heteroatoms. The van der Waals surface area contributed by atoms with Crippen molar-refractivity contribution < 1.29 is 0 Å². The first-order valence-corrected chi connectivity index (χ1v) is 18.4. The smallest absolute Gasteiger partial charge is 0.160 e. The van der Waals surface area contributed by atoms with Crippen LogP contribution in [0.3, 0.4) is 0 Å². The van der Waals surface area contributed by atoms with Gasteiger partial charge in [0, 0.05) is 50.3 Å². The van der Waals surface area contributed by atoms with Crippen LogP contribution in [-0.4, -0.2) is 19.9 Å². The Bertz CT molecular complexity index is 2950. The van der Waals surface area contributed by atoms with E-state index in [0.29, 0.717) is 5.82 Å². The van der Waals surface area contributed by atoms with Crippen molar-refractivity contribution in [2.75, 3.05) is 0 Å². The third kappa shape index (κ3) is 5.83. The summed E-state index contributed by atoms with van der Waals surface area (Å²) in [7, 11) is 0. The highest BCUT2D eigenvalue weighted by Crippen LogP contribution is 2.41. The molecule has 0 N–H and O–H groups in total. The number of aromatic nitrogens is 4. The molecule has 248 valence electrons. The molecule has 4 heterocycles. The minimum absolute atomic E-state index is 0.660. The summed E-state index contributed by atoms with van der Waals surface area (Å²) in [6.45, 7) is 0. The van der Waals surface area contributed by atoms with Crippen molar-refractivity contribution >= 4 is 42.4 Å². The van der Waals surface area contributed by atoms with Crippen molar-refractivity contribution in [2.24, 2.45) is 0 Å². The van der Waals surface area contributed by atoms with Gasteiger partial charge in [-0.25, -0.2) is 9.97 Å². The predicted molar refractivity (Wildman–Crippen MR) is 221 cm³/mol. The number of hydrogen-bond donors (Lipinski definition) is 0. The third-order valence-corrected chi connectivity index (χ3v) is 11.0. The Kier molecular flexibility index (Phi) is 7.63. The normalized spacial score (nSPS) is 11.4. The molecule has 10 rings (SSSR count). The number of rotatable bonds is 6. The van der Waals surface area contributed by atoms with Crippen LogP contribution in [-0.2, 0) is 0 Å². The SMILES string of the molecule is c1ccc(-c2cc(-c3cc(-c4ccc5ccccc5c4)cc(-c4ccnc5c4sc4ccccc45)c3)nc(-c3cccc(-c4ccccn4)c3)n2)cc1. The molecule has 4 aromatic heterocycles. The molecular weight excluding hydrogens is 665 g/mol. The van der Waals surface area contributed by atoms with Crippen LogP contribution in [0.1, 0.15) is 0 Å². The van der Waals surface area contributed by atoms with E-state index in [1.807, 2.05) is 36.7 Å². The van der Waals surface area contributed by atoms with Crippen LogP contribution in [0, 0.1) is 0 Å². The van der Waals surface area contributed by atoms with E-state index >= 15 is 0 Å². The van der Waals surface area contributed by atoms with Crippen molar-refractivity contribution in [1.29, 1.82) is 0 Å². The lowest BCUT2D eigenvalue weighted by Crippen LogP contribution is -1.97. The fourth-order valence-corrected chi connectivity index (χ4v) is 8.33. The predicted octanol–water partition coefficient (Wildman–Crippen LogP) is 12.8. The molecule has 0 fully saturated rings. The lowest BCUT2D eigenvalue weighted by molar-refractivity contribution is 1.18. The molecule has 0 bridgehead atoms. The second-order valence-electron chi connectivity index (χ2n) is 13.1. The van der Waals surface area contributed by atoms with Gasteiger partial charge in [0.15, 0.2) is 5.82 Å². The van der Waals surface area contributed by atoms with Crippen LogP contribution in [0.4, 0.5) is 0 Å². The first-order chi connectivity index (χ1) is 26.2. The number of benzene rings is 6. The first-order valence-electron chi connectivity index (χ1n) is 17.6. The monoisotopic (exact) mass is 694 g/mol. The summed E-state index contributed by atoms with van der Waals surface area (Å²) in [5, 5.41) is 3.60. The maximum Gasteiger partial charge on any atom is 0.160 e. The van der Waals surface area contributed by atoms with E-state index in [2.05, 4.69) is 151 Å². The van der Waals surface area contributed by atoms with Crippen LogP contribution < -0.4 is 0 Å². The number of pyridine rings is 2. The zero-order valence-corrected chi connectivity index (χ0v) is 29.3. The molecule has 10 aromatic rings. The lowest BCUT2D eigenvalue weighted by atomic mass is 9.93. The molecule has 0 saturated heterocycles. The van der Waals surface area contributed by atoms with E-state index in [4.69, 9.17) is 15.0 Å². The van der Waals surface area contributed by atoms with Gasteiger partial charge in [-0.3, -0.25) is 9.97 Å². The zero-order valence-electron chi connectivity index (χ0n) is 28.5. The van der Waals surface area contributed by atoms with E-state index in [-0.39, 0.29) is 0 Å². The molecule has 0 radical (unpaired) electrons. The standard InChI is InChI=1S/C48H30N4S/c1-2-12-32(13-3-1)43-30-44(52-48(51-43)36-16-10-15-35(26-36)42-18-8-9-23-49-42)39-28-37(34-21-20-31-11-4-5-14-33(31)25-34)27-38(29-39)40-22-24-50-46-41-17-6-7-19-45(41)53-47(40)46/h1-30H. The quantitative estimate of drug-likeness (QED) is 0.174.